The summed E-state index contributed by atoms with van der Waals surface area (Å²) in [5.74, 6) is 1.11. The molecule has 8 heteroatoms. The first kappa shape index (κ1) is 20.4. The van der Waals surface area contributed by atoms with E-state index in [0.717, 1.165) is 57.8 Å². The van der Waals surface area contributed by atoms with Gasteiger partial charge in [0, 0.05) is 48.7 Å². The highest BCUT2D eigenvalue weighted by Crippen LogP contribution is 2.41. The van der Waals surface area contributed by atoms with Crippen LogP contribution < -0.4 is 10.6 Å². The molecule has 1 aromatic carbocycles. The number of nitriles is 1. The Morgan fingerprint density at radius 2 is 2.12 bits per heavy atom. The van der Waals surface area contributed by atoms with Crippen molar-refractivity contribution in [3.63, 3.8) is 0 Å². The van der Waals surface area contributed by atoms with Gasteiger partial charge in [-0.1, -0.05) is 12.1 Å². The number of nitrogens with two attached hydrogens (primary N) is 1. The summed E-state index contributed by atoms with van der Waals surface area (Å²) < 4.78 is 0. The summed E-state index contributed by atoms with van der Waals surface area (Å²) in [5.41, 5.74) is 13.0. The molecule has 0 saturated carbocycles. The molecule has 5 rings (SSSR count). The number of hydrogen-bond acceptors (Lipinski definition) is 6. The van der Waals surface area contributed by atoms with Gasteiger partial charge in [0.15, 0.2) is 0 Å². The molecule has 1 aliphatic rings. The fourth-order valence-electron chi connectivity index (χ4n) is 4.34. The number of halogens is 1. The van der Waals surface area contributed by atoms with Crippen molar-refractivity contribution in [3.8, 4) is 28.6 Å². The van der Waals surface area contributed by atoms with E-state index in [2.05, 4.69) is 32.8 Å². The van der Waals surface area contributed by atoms with E-state index < -0.39 is 0 Å². The number of nitrogens with zero attached hydrogens (tertiary/aromatic N) is 5. The molecule has 1 fully saturated rings. The molecule has 0 radical (unpaired) electrons. The summed E-state index contributed by atoms with van der Waals surface area (Å²) in [6.07, 6.45) is 6.18. The average Bonchev–Trinajstić information content (AvgIpc) is 3.41. The zero-order valence-electron chi connectivity index (χ0n) is 17.6. The van der Waals surface area contributed by atoms with Crippen LogP contribution in [-0.2, 0) is 5.88 Å². The van der Waals surface area contributed by atoms with Crippen LogP contribution >= 0.6 is 11.6 Å². The number of alkyl halides is 1. The largest absolute Gasteiger partial charge is 0.368 e. The highest BCUT2D eigenvalue weighted by molar-refractivity contribution is 6.17. The molecule has 0 bridgehead atoms. The molecular weight excluding hydrogens is 422 g/mol. The van der Waals surface area contributed by atoms with Gasteiger partial charge in [-0.25, -0.2) is 9.97 Å². The number of para-hydroxylation sites is 1. The maximum Gasteiger partial charge on any atom is 0.142 e. The summed E-state index contributed by atoms with van der Waals surface area (Å²) in [6.45, 7) is 3.60. The quantitative estimate of drug-likeness (QED) is 0.457. The first-order chi connectivity index (χ1) is 15.5. The summed E-state index contributed by atoms with van der Waals surface area (Å²) in [5, 5.41) is 9.34. The van der Waals surface area contributed by atoms with E-state index in [1.807, 2.05) is 36.7 Å². The van der Waals surface area contributed by atoms with Crippen molar-refractivity contribution in [1.82, 2.24) is 19.9 Å². The first-order valence-corrected chi connectivity index (χ1v) is 10.9. The molecular formula is C24H22ClN7. The lowest BCUT2D eigenvalue weighted by Gasteiger charge is -2.26. The van der Waals surface area contributed by atoms with E-state index in [4.69, 9.17) is 22.3 Å². The average molecular weight is 444 g/mol. The fourth-order valence-corrected chi connectivity index (χ4v) is 4.56. The minimum Gasteiger partial charge on any atom is -0.368 e. The normalized spacial score (nSPS) is 18.2. The molecule has 32 heavy (non-hydrogen) atoms. The summed E-state index contributed by atoms with van der Waals surface area (Å²) in [6, 6.07) is 11.7. The number of H-pyrrole nitrogens is 1. The molecule has 4 aromatic rings. The second-order valence-electron chi connectivity index (χ2n) is 8.48. The number of aromatic amines is 1. The Morgan fingerprint density at radius 1 is 1.28 bits per heavy atom. The van der Waals surface area contributed by atoms with E-state index in [-0.39, 0.29) is 5.54 Å². The predicted molar refractivity (Wildman–Crippen MR) is 126 cm³/mol. The number of hydrogen-bond donors (Lipinski definition) is 2. The van der Waals surface area contributed by atoms with Crippen molar-refractivity contribution in [2.24, 2.45) is 5.73 Å². The van der Waals surface area contributed by atoms with Gasteiger partial charge < -0.3 is 15.6 Å². The van der Waals surface area contributed by atoms with E-state index in [9.17, 15) is 5.26 Å². The Morgan fingerprint density at radius 3 is 2.88 bits per heavy atom. The van der Waals surface area contributed by atoms with Crippen molar-refractivity contribution in [2.75, 3.05) is 18.0 Å². The minimum absolute atomic E-state index is 0.284. The molecule has 0 spiro atoms. The van der Waals surface area contributed by atoms with Gasteiger partial charge in [-0.05, 0) is 42.7 Å². The summed E-state index contributed by atoms with van der Waals surface area (Å²) >= 11 is 6.14. The van der Waals surface area contributed by atoms with Crippen LogP contribution in [0.1, 0.15) is 24.6 Å². The van der Waals surface area contributed by atoms with Crippen LogP contribution in [0.3, 0.4) is 0 Å². The molecule has 160 valence electrons. The second kappa shape index (κ2) is 7.90. The highest BCUT2D eigenvalue weighted by atomic mass is 35.5. The molecule has 1 atom stereocenters. The summed E-state index contributed by atoms with van der Waals surface area (Å²) in [7, 11) is 0. The number of fused-ring (bicyclic) bond motifs is 1. The van der Waals surface area contributed by atoms with E-state index in [1.54, 1.807) is 12.3 Å². The Balaban J connectivity index is 1.74. The van der Waals surface area contributed by atoms with Crippen LogP contribution in [0, 0.1) is 11.3 Å². The van der Waals surface area contributed by atoms with Crippen LogP contribution in [0.4, 0.5) is 5.69 Å². The van der Waals surface area contributed by atoms with Gasteiger partial charge in [-0.15, -0.1) is 11.6 Å². The lowest BCUT2D eigenvalue weighted by Crippen LogP contribution is -2.39. The van der Waals surface area contributed by atoms with Crippen molar-refractivity contribution in [1.29, 1.82) is 5.26 Å². The van der Waals surface area contributed by atoms with E-state index in [0.29, 0.717) is 18.1 Å². The number of rotatable bonds is 4. The lowest BCUT2D eigenvalue weighted by molar-refractivity contribution is 0.525. The molecule has 7 nitrogen and oxygen atoms in total. The molecule has 1 aliphatic heterocycles. The van der Waals surface area contributed by atoms with Gasteiger partial charge in [0.1, 0.15) is 17.6 Å². The van der Waals surface area contributed by atoms with Crippen LogP contribution in [0.15, 0.2) is 48.9 Å². The monoisotopic (exact) mass is 443 g/mol. The first-order valence-electron chi connectivity index (χ1n) is 10.4. The van der Waals surface area contributed by atoms with Crippen LogP contribution in [0.5, 0.6) is 0 Å². The smallest absolute Gasteiger partial charge is 0.142 e. The molecule has 1 saturated heterocycles. The third-order valence-corrected chi connectivity index (χ3v) is 6.21. The van der Waals surface area contributed by atoms with Crippen molar-refractivity contribution < 1.29 is 0 Å². The van der Waals surface area contributed by atoms with Crippen molar-refractivity contribution >= 4 is 28.3 Å². The number of benzene rings is 1. The van der Waals surface area contributed by atoms with Gasteiger partial charge in [0.25, 0.3) is 0 Å². The Kier molecular flexibility index (Phi) is 5.04. The summed E-state index contributed by atoms with van der Waals surface area (Å²) in [4.78, 5) is 19.3. The molecule has 3 aromatic heterocycles. The van der Waals surface area contributed by atoms with Gasteiger partial charge in [0.05, 0.1) is 22.3 Å². The fraction of sp³-hybridized carbons (Fsp3) is 0.250. The second-order valence-corrected chi connectivity index (χ2v) is 8.75. The topological polar surface area (TPSA) is 108 Å². The third kappa shape index (κ3) is 3.58. The van der Waals surface area contributed by atoms with Crippen molar-refractivity contribution in [2.45, 2.75) is 24.8 Å². The number of pyridine rings is 2. The number of aromatic nitrogens is 4. The zero-order chi connectivity index (χ0) is 22.3. The standard InChI is InChI=1S/C24H22ClN7/c1-24(27)6-8-32(14-24)22-18(15-5-7-29-17(9-15)11-26)12-28-13-19(22)23-30-20-4-2-3-16(10-25)21(20)31-23/h2-5,7,9,12-13H,6,8,10,14,27H2,1H3,(H,30,31)/t24-/m0/s1. The molecule has 0 amide bonds. The molecule has 0 unspecified atom stereocenters. The van der Waals surface area contributed by atoms with E-state index in [1.165, 1.54) is 0 Å². The van der Waals surface area contributed by atoms with Crippen LogP contribution in [0.25, 0.3) is 33.5 Å². The molecule has 4 heterocycles. The Hall–Kier alpha value is -3.47. The SMILES string of the molecule is C[C@]1(N)CCN(c2c(-c3ccnc(C#N)c3)cncc2-c2nc3c(CCl)cccc3[nH]2)C1. The number of nitrogens with one attached hydrogen (secondary N) is 1. The molecule has 3 N–H and O–H groups in total. The van der Waals surface area contributed by atoms with Gasteiger partial charge in [-0.2, -0.15) is 5.26 Å². The lowest BCUT2D eigenvalue weighted by atomic mass is 10.0. The maximum absolute atomic E-state index is 9.34. The number of imidazole rings is 1. The van der Waals surface area contributed by atoms with Crippen LogP contribution in [0.2, 0.25) is 0 Å². The van der Waals surface area contributed by atoms with Gasteiger partial charge >= 0.3 is 0 Å². The Labute approximate surface area is 190 Å². The molecule has 0 aliphatic carbocycles. The Bertz CT molecular complexity index is 1350. The minimum atomic E-state index is -0.284. The van der Waals surface area contributed by atoms with Crippen molar-refractivity contribution in [3.05, 3.63) is 60.2 Å². The number of anilines is 1. The van der Waals surface area contributed by atoms with Gasteiger partial charge in [0.2, 0.25) is 0 Å². The zero-order valence-corrected chi connectivity index (χ0v) is 18.4. The predicted octanol–water partition coefficient (Wildman–Crippen LogP) is 4.22. The van der Waals surface area contributed by atoms with E-state index >= 15 is 0 Å². The maximum atomic E-state index is 9.34. The highest BCUT2D eigenvalue weighted by Gasteiger charge is 2.33. The van der Waals surface area contributed by atoms with Gasteiger partial charge in [-0.3, -0.25) is 4.98 Å². The third-order valence-electron chi connectivity index (χ3n) is 5.92. The van der Waals surface area contributed by atoms with Crippen LogP contribution in [-0.4, -0.2) is 38.6 Å².